The van der Waals surface area contributed by atoms with Crippen LogP contribution in [-0.4, -0.2) is 46.8 Å². The Balaban J connectivity index is 2.23. The Labute approximate surface area is 125 Å². The molecule has 21 heavy (non-hydrogen) atoms. The Morgan fingerprint density at radius 3 is 2.19 bits per heavy atom. The number of aliphatic hydroxyl groups excluding tert-OH is 3. The molecule has 0 bridgehead atoms. The van der Waals surface area contributed by atoms with E-state index in [4.69, 9.17) is 4.74 Å². The van der Waals surface area contributed by atoms with Crippen LogP contribution in [0.5, 0.6) is 0 Å². The van der Waals surface area contributed by atoms with Gasteiger partial charge in [0.1, 0.15) is 24.4 Å². The van der Waals surface area contributed by atoms with Gasteiger partial charge in [0, 0.05) is 7.11 Å². The van der Waals surface area contributed by atoms with Crippen LogP contribution >= 0.6 is 0 Å². The van der Waals surface area contributed by atoms with Gasteiger partial charge >= 0.3 is 0 Å². The second kappa shape index (κ2) is 6.54. The van der Waals surface area contributed by atoms with Gasteiger partial charge in [-0.3, -0.25) is 0 Å². The smallest absolute Gasteiger partial charge is 0.115 e. The highest BCUT2D eigenvalue weighted by atomic mass is 16.5. The SMILES string of the molecule is CO[C@H]1[C@H](O)[C@H](O)C(/C=C/c2cc(C)cc(C)c2)=C[C@H]1O. The molecule has 0 spiro atoms. The molecule has 0 amide bonds. The molecule has 1 aliphatic rings. The van der Waals surface area contributed by atoms with Crippen molar-refractivity contribution in [2.24, 2.45) is 0 Å². The molecule has 1 aromatic rings. The summed E-state index contributed by atoms with van der Waals surface area (Å²) in [5.41, 5.74) is 3.82. The molecular formula is C17H22O4. The highest BCUT2D eigenvalue weighted by Gasteiger charge is 2.36. The quantitative estimate of drug-likeness (QED) is 0.786. The maximum absolute atomic E-state index is 10.1. The van der Waals surface area contributed by atoms with Crippen molar-refractivity contribution in [3.63, 3.8) is 0 Å². The van der Waals surface area contributed by atoms with Crippen molar-refractivity contribution in [2.75, 3.05) is 7.11 Å². The largest absolute Gasteiger partial charge is 0.387 e. The van der Waals surface area contributed by atoms with E-state index in [2.05, 4.69) is 6.07 Å². The fourth-order valence-corrected chi connectivity index (χ4v) is 2.70. The second-order valence-corrected chi connectivity index (χ2v) is 5.55. The molecule has 4 nitrogen and oxygen atoms in total. The predicted octanol–water partition coefficient (Wildman–Crippen LogP) is 1.35. The minimum absolute atomic E-state index is 0.488. The highest BCUT2D eigenvalue weighted by molar-refractivity contribution is 5.56. The van der Waals surface area contributed by atoms with Crippen LogP contribution in [0.1, 0.15) is 16.7 Å². The summed E-state index contributed by atoms with van der Waals surface area (Å²) in [4.78, 5) is 0. The van der Waals surface area contributed by atoms with Crippen molar-refractivity contribution in [3.05, 3.63) is 52.6 Å². The molecule has 4 atom stereocenters. The Morgan fingerprint density at radius 2 is 1.62 bits per heavy atom. The van der Waals surface area contributed by atoms with Crippen LogP contribution in [-0.2, 0) is 4.74 Å². The summed E-state index contributed by atoms with van der Waals surface area (Å²) in [7, 11) is 1.40. The van der Waals surface area contributed by atoms with Gasteiger partial charge in [-0.05, 0) is 31.1 Å². The number of hydrogen-bond acceptors (Lipinski definition) is 4. The molecule has 0 aliphatic heterocycles. The first kappa shape index (κ1) is 15.9. The van der Waals surface area contributed by atoms with Crippen LogP contribution in [0.3, 0.4) is 0 Å². The van der Waals surface area contributed by atoms with E-state index in [0.29, 0.717) is 5.57 Å². The van der Waals surface area contributed by atoms with Gasteiger partial charge in [-0.25, -0.2) is 0 Å². The summed E-state index contributed by atoms with van der Waals surface area (Å²) in [6.45, 7) is 4.05. The number of hydrogen-bond donors (Lipinski definition) is 3. The van der Waals surface area contributed by atoms with Gasteiger partial charge in [-0.2, -0.15) is 0 Å². The lowest BCUT2D eigenvalue weighted by atomic mass is 9.89. The Bertz CT molecular complexity index is 542. The Hall–Kier alpha value is -1.46. The number of aryl methyl sites for hydroxylation is 2. The van der Waals surface area contributed by atoms with Crippen LogP contribution in [0.25, 0.3) is 6.08 Å². The van der Waals surface area contributed by atoms with Gasteiger partial charge in [-0.1, -0.05) is 41.5 Å². The van der Waals surface area contributed by atoms with E-state index in [1.807, 2.05) is 32.1 Å². The molecule has 114 valence electrons. The first-order valence-corrected chi connectivity index (χ1v) is 6.97. The molecule has 0 radical (unpaired) electrons. The molecule has 4 heteroatoms. The molecule has 0 fully saturated rings. The van der Waals surface area contributed by atoms with Gasteiger partial charge in [0.25, 0.3) is 0 Å². The average molecular weight is 290 g/mol. The van der Waals surface area contributed by atoms with E-state index in [0.717, 1.165) is 16.7 Å². The Kier molecular flexibility index (Phi) is 4.96. The van der Waals surface area contributed by atoms with E-state index < -0.39 is 24.4 Å². The zero-order valence-electron chi connectivity index (χ0n) is 12.5. The molecule has 0 unspecified atom stereocenters. The van der Waals surface area contributed by atoms with Crippen LogP contribution in [0, 0.1) is 13.8 Å². The zero-order chi connectivity index (χ0) is 15.6. The molecule has 1 aliphatic carbocycles. The summed E-state index contributed by atoms with van der Waals surface area (Å²) < 4.78 is 5.00. The first-order valence-electron chi connectivity index (χ1n) is 6.97. The first-order chi connectivity index (χ1) is 9.92. The van der Waals surface area contributed by atoms with Crippen LogP contribution in [0.15, 0.2) is 35.9 Å². The fraction of sp³-hybridized carbons (Fsp3) is 0.412. The fourth-order valence-electron chi connectivity index (χ4n) is 2.70. The third-order valence-electron chi connectivity index (χ3n) is 3.69. The predicted molar refractivity (Wildman–Crippen MR) is 81.9 cm³/mol. The molecule has 0 saturated carbocycles. The lowest BCUT2D eigenvalue weighted by Gasteiger charge is -2.33. The lowest BCUT2D eigenvalue weighted by molar-refractivity contribution is -0.108. The third-order valence-corrected chi connectivity index (χ3v) is 3.69. The zero-order valence-corrected chi connectivity index (χ0v) is 12.5. The van der Waals surface area contributed by atoms with Gasteiger partial charge in [0.05, 0.1) is 0 Å². The van der Waals surface area contributed by atoms with E-state index >= 15 is 0 Å². The van der Waals surface area contributed by atoms with Gasteiger partial charge < -0.3 is 20.1 Å². The van der Waals surface area contributed by atoms with Crippen molar-refractivity contribution in [2.45, 2.75) is 38.3 Å². The van der Waals surface area contributed by atoms with Gasteiger partial charge in [0.15, 0.2) is 0 Å². The molecular weight excluding hydrogens is 268 g/mol. The summed E-state index contributed by atoms with van der Waals surface area (Å²) in [5.74, 6) is 0. The number of benzene rings is 1. The van der Waals surface area contributed by atoms with Crippen molar-refractivity contribution in [3.8, 4) is 0 Å². The highest BCUT2D eigenvalue weighted by Crippen LogP contribution is 2.24. The molecule has 0 aromatic heterocycles. The van der Waals surface area contributed by atoms with Crippen molar-refractivity contribution >= 4 is 6.08 Å². The van der Waals surface area contributed by atoms with Gasteiger partial charge in [0.2, 0.25) is 0 Å². The normalized spacial score (nSPS) is 29.7. The molecule has 1 aromatic carbocycles. The second-order valence-electron chi connectivity index (χ2n) is 5.55. The topological polar surface area (TPSA) is 69.9 Å². The van der Waals surface area contributed by atoms with Crippen LogP contribution in [0.4, 0.5) is 0 Å². The third kappa shape index (κ3) is 3.60. The molecule has 0 heterocycles. The molecule has 2 rings (SSSR count). The van der Waals surface area contributed by atoms with Crippen LogP contribution in [0.2, 0.25) is 0 Å². The Morgan fingerprint density at radius 1 is 1.00 bits per heavy atom. The minimum atomic E-state index is -1.14. The van der Waals surface area contributed by atoms with E-state index in [9.17, 15) is 15.3 Å². The lowest BCUT2D eigenvalue weighted by Crippen LogP contribution is -2.49. The monoisotopic (exact) mass is 290 g/mol. The summed E-state index contributed by atoms with van der Waals surface area (Å²) in [6, 6.07) is 6.15. The average Bonchev–Trinajstić information content (AvgIpc) is 2.41. The maximum Gasteiger partial charge on any atom is 0.115 e. The van der Waals surface area contributed by atoms with E-state index in [1.165, 1.54) is 13.2 Å². The number of rotatable bonds is 3. The molecule has 0 saturated heterocycles. The standard InChI is InChI=1S/C17H22O4/c1-10-6-11(2)8-12(7-10)4-5-13-9-14(18)17(21-3)16(20)15(13)19/h4-9,14-20H,1-3H3/b5-4+/t14-,15-,16-,17-/m1/s1. The maximum atomic E-state index is 10.1. The van der Waals surface area contributed by atoms with E-state index in [-0.39, 0.29) is 0 Å². The molecule has 3 N–H and O–H groups in total. The number of ether oxygens (including phenoxy) is 1. The summed E-state index contributed by atoms with van der Waals surface area (Å²) >= 11 is 0. The van der Waals surface area contributed by atoms with E-state index in [1.54, 1.807) is 6.08 Å². The summed E-state index contributed by atoms with van der Waals surface area (Å²) in [6.07, 6.45) is 1.14. The number of methoxy groups -OCH3 is 1. The van der Waals surface area contributed by atoms with Gasteiger partial charge in [-0.15, -0.1) is 0 Å². The van der Waals surface area contributed by atoms with Crippen molar-refractivity contribution in [1.82, 2.24) is 0 Å². The number of aliphatic hydroxyl groups is 3. The van der Waals surface area contributed by atoms with Crippen molar-refractivity contribution in [1.29, 1.82) is 0 Å². The van der Waals surface area contributed by atoms with Crippen LogP contribution < -0.4 is 0 Å². The minimum Gasteiger partial charge on any atom is -0.387 e. The summed E-state index contributed by atoms with van der Waals surface area (Å²) in [5, 5.41) is 29.9. The van der Waals surface area contributed by atoms with Crippen molar-refractivity contribution < 1.29 is 20.1 Å².